The van der Waals surface area contributed by atoms with Crippen molar-refractivity contribution in [3.63, 3.8) is 0 Å². The molecule has 4 atom stereocenters. The van der Waals surface area contributed by atoms with E-state index >= 15 is 0 Å². The van der Waals surface area contributed by atoms with E-state index in [9.17, 15) is 19.5 Å². The van der Waals surface area contributed by atoms with Crippen LogP contribution in [-0.2, 0) is 32.2 Å². The normalized spacial score (nSPS) is 20.9. The number of fused-ring (bicyclic) bond motifs is 1. The molecule has 282 valence electrons. The molecule has 4 aromatic carbocycles. The van der Waals surface area contributed by atoms with Crippen LogP contribution >= 0.6 is 0 Å². The molecular weight excluding hydrogens is 684 g/mol. The van der Waals surface area contributed by atoms with Crippen LogP contribution in [0.3, 0.4) is 0 Å². The third-order valence-corrected chi connectivity index (χ3v) is 10.8. The monoisotopic (exact) mass is 732 g/mol. The van der Waals surface area contributed by atoms with Gasteiger partial charge in [0.2, 0.25) is 5.91 Å². The highest BCUT2D eigenvalue weighted by molar-refractivity contribution is 5.77. The molecule has 5 aromatic rings. The predicted molar refractivity (Wildman–Crippen MR) is 205 cm³/mol. The Hall–Kier alpha value is -5.07. The van der Waals surface area contributed by atoms with E-state index in [1.807, 2.05) is 95.6 Å². The molecule has 2 fully saturated rings. The maximum Gasteiger partial charge on any atom is 0.326 e. The largest absolute Gasteiger partial charge is 0.481 e. The van der Waals surface area contributed by atoms with Crippen molar-refractivity contribution in [3.05, 3.63) is 130 Å². The molecule has 0 spiro atoms. The Morgan fingerprint density at radius 1 is 0.852 bits per heavy atom. The molecule has 0 bridgehead atoms. The quantitative estimate of drug-likeness (QED) is 0.108. The molecule has 4 unspecified atom stereocenters. The number of benzene rings is 4. The van der Waals surface area contributed by atoms with Crippen molar-refractivity contribution in [1.29, 1.82) is 0 Å². The summed E-state index contributed by atoms with van der Waals surface area (Å²) < 4.78 is 15.5. The van der Waals surface area contributed by atoms with Crippen molar-refractivity contribution in [2.24, 2.45) is 5.92 Å². The van der Waals surface area contributed by atoms with Crippen LogP contribution in [0.5, 0.6) is 0 Å². The number of aromatic amines is 1. The summed E-state index contributed by atoms with van der Waals surface area (Å²) in [6.45, 7) is 4.92. The van der Waals surface area contributed by atoms with Crippen LogP contribution in [0.1, 0.15) is 79.7 Å². The molecule has 2 saturated heterocycles. The fraction of sp³-hybridized carbons (Fsp3) is 0.372. The summed E-state index contributed by atoms with van der Waals surface area (Å²) in [4.78, 5) is 41.4. The first-order valence-corrected chi connectivity index (χ1v) is 18.9. The number of hydrogen-bond donors (Lipinski definition) is 4. The zero-order valence-corrected chi connectivity index (χ0v) is 30.5. The van der Waals surface area contributed by atoms with E-state index in [0.717, 1.165) is 76.9 Å². The van der Waals surface area contributed by atoms with E-state index in [2.05, 4.69) is 28.2 Å². The van der Waals surface area contributed by atoms with Crippen LogP contribution in [0.2, 0.25) is 0 Å². The van der Waals surface area contributed by atoms with Gasteiger partial charge in [-0.15, -0.1) is 0 Å². The number of likely N-dealkylation sites (tertiary alicyclic amines) is 1. The fourth-order valence-electron chi connectivity index (χ4n) is 7.79. The summed E-state index contributed by atoms with van der Waals surface area (Å²) in [6, 6.07) is 32.1. The highest BCUT2D eigenvalue weighted by atomic mass is 16.7. The van der Waals surface area contributed by atoms with Gasteiger partial charge in [-0.05, 0) is 71.3 Å². The van der Waals surface area contributed by atoms with Crippen LogP contribution in [0.15, 0.2) is 102 Å². The van der Waals surface area contributed by atoms with Gasteiger partial charge in [0, 0.05) is 56.5 Å². The number of aromatic nitrogens is 2. The van der Waals surface area contributed by atoms with Gasteiger partial charge in [0.25, 0.3) is 0 Å². The molecule has 2 aliphatic rings. The standard InChI is InChI=1S/C43H48N4O7/c1-28-38(26-46-21-19-35(20-22-46)47-37-12-3-2-11-36(37)45-43(47)52)53-42(54-41(28)31-17-15-29(27-48)16-18-31)34-10-5-9-33(24-34)32-8-4-7-30(23-32)25-44-39(49)13-6-14-40(50)51/h2-5,7-12,15-18,23-24,28,35,38,41-42,48H,6,13-14,19-22,25-27H2,1H3,(H,44,49)(H,45,52)(H,50,51). The number of imidazole rings is 1. The number of aliphatic carboxylic acids is 1. The number of hydrogen-bond acceptors (Lipinski definition) is 7. The molecule has 7 rings (SSSR count). The third kappa shape index (κ3) is 8.66. The van der Waals surface area contributed by atoms with Crippen molar-refractivity contribution in [2.75, 3.05) is 19.6 Å². The molecule has 1 aromatic heterocycles. The van der Waals surface area contributed by atoms with Gasteiger partial charge in [-0.25, -0.2) is 4.79 Å². The van der Waals surface area contributed by atoms with Gasteiger partial charge in [-0.2, -0.15) is 0 Å². The molecular formula is C43H48N4O7. The molecule has 3 heterocycles. The Morgan fingerprint density at radius 2 is 1.59 bits per heavy atom. The molecule has 0 aliphatic carbocycles. The van der Waals surface area contributed by atoms with E-state index in [1.165, 1.54) is 0 Å². The van der Waals surface area contributed by atoms with Crippen molar-refractivity contribution in [1.82, 2.24) is 19.8 Å². The van der Waals surface area contributed by atoms with Gasteiger partial charge in [-0.3, -0.25) is 14.2 Å². The molecule has 11 heteroatoms. The number of ether oxygens (including phenoxy) is 2. The van der Waals surface area contributed by atoms with Crippen LogP contribution in [0.4, 0.5) is 0 Å². The number of piperidine rings is 1. The lowest BCUT2D eigenvalue weighted by Gasteiger charge is -2.44. The molecule has 1 amide bonds. The summed E-state index contributed by atoms with van der Waals surface area (Å²) in [6.07, 6.45) is 1.18. The Kier molecular flexibility index (Phi) is 11.7. The predicted octanol–water partition coefficient (Wildman–Crippen LogP) is 6.49. The first-order chi connectivity index (χ1) is 26.2. The summed E-state index contributed by atoms with van der Waals surface area (Å²) in [5, 5.41) is 21.4. The second-order valence-corrected chi connectivity index (χ2v) is 14.5. The summed E-state index contributed by atoms with van der Waals surface area (Å²) in [5.41, 5.74) is 7.45. The van der Waals surface area contributed by atoms with Crippen molar-refractivity contribution < 1.29 is 29.3 Å². The highest BCUT2D eigenvalue weighted by Crippen LogP contribution is 2.43. The van der Waals surface area contributed by atoms with E-state index in [4.69, 9.17) is 14.6 Å². The van der Waals surface area contributed by atoms with Gasteiger partial charge in [0.15, 0.2) is 6.29 Å². The number of carboxylic acids is 1. The zero-order chi connectivity index (χ0) is 37.6. The Labute approximate surface area is 314 Å². The third-order valence-electron chi connectivity index (χ3n) is 10.8. The SMILES string of the molecule is CC1C(CN2CCC(n3c(=O)[nH]c4ccccc43)CC2)OC(c2cccc(-c3cccc(CNC(=O)CCCC(=O)O)c3)c2)OC1c1ccc(CO)cc1. The first-order valence-electron chi connectivity index (χ1n) is 18.9. The lowest BCUT2D eigenvalue weighted by molar-refractivity contribution is -0.276. The van der Waals surface area contributed by atoms with Gasteiger partial charge in [0.05, 0.1) is 29.8 Å². The number of rotatable bonds is 13. The molecule has 0 radical (unpaired) electrons. The smallest absolute Gasteiger partial charge is 0.326 e. The van der Waals surface area contributed by atoms with Crippen LogP contribution in [-0.4, -0.2) is 62.3 Å². The molecule has 11 nitrogen and oxygen atoms in total. The number of nitrogens with zero attached hydrogens (tertiary/aromatic N) is 2. The minimum atomic E-state index is -0.906. The minimum Gasteiger partial charge on any atom is -0.481 e. The molecule has 2 aliphatic heterocycles. The van der Waals surface area contributed by atoms with E-state index < -0.39 is 12.3 Å². The number of amides is 1. The molecule has 54 heavy (non-hydrogen) atoms. The van der Waals surface area contributed by atoms with E-state index in [1.54, 1.807) is 0 Å². The Balaban J connectivity index is 1.07. The van der Waals surface area contributed by atoms with Crippen LogP contribution in [0, 0.1) is 5.92 Å². The number of aliphatic hydroxyl groups is 1. The number of carboxylic acid groups (broad SMARTS) is 1. The van der Waals surface area contributed by atoms with Crippen molar-refractivity contribution >= 4 is 22.9 Å². The molecule has 4 N–H and O–H groups in total. The average Bonchev–Trinajstić information content (AvgIpc) is 3.53. The van der Waals surface area contributed by atoms with Gasteiger partial charge < -0.3 is 34.9 Å². The Morgan fingerprint density at radius 3 is 2.35 bits per heavy atom. The van der Waals surface area contributed by atoms with Crippen molar-refractivity contribution in [2.45, 2.75) is 76.7 Å². The zero-order valence-electron chi connectivity index (χ0n) is 30.5. The lowest BCUT2D eigenvalue weighted by Crippen LogP contribution is -2.47. The van der Waals surface area contributed by atoms with Crippen LogP contribution in [0.25, 0.3) is 22.2 Å². The highest BCUT2D eigenvalue weighted by Gasteiger charge is 2.40. The summed E-state index contributed by atoms with van der Waals surface area (Å²) in [7, 11) is 0. The van der Waals surface area contributed by atoms with Gasteiger partial charge in [0.1, 0.15) is 0 Å². The number of carbonyl (C=O) groups excluding carboxylic acids is 1. The maximum absolute atomic E-state index is 12.9. The lowest BCUT2D eigenvalue weighted by atomic mass is 9.89. The first kappa shape index (κ1) is 37.3. The van der Waals surface area contributed by atoms with Crippen LogP contribution < -0.4 is 11.0 Å². The maximum atomic E-state index is 12.9. The Bertz CT molecular complexity index is 2120. The number of para-hydroxylation sites is 2. The number of nitrogens with one attached hydrogen (secondary N) is 2. The van der Waals surface area contributed by atoms with Crippen molar-refractivity contribution in [3.8, 4) is 11.1 Å². The second-order valence-electron chi connectivity index (χ2n) is 14.5. The molecule has 0 saturated carbocycles. The minimum absolute atomic E-state index is 0.0243. The van der Waals surface area contributed by atoms with Gasteiger partial charge >= 0.3 is 11.7 Å². The van der Waals surface area contributed by atoms with E-state index in [0.29, 0.717) is 13.0 Å². The summed E-state index contributed by atoms with van der Waals surface area (Å²) in [5.74, 6) is -1.04. The average molecular weight is 733 g/mol. The fourth-order valence-corrected chi connectivity index (χ4v) is 7.79. The topological polar surface area (TPSA) is 146 Å². The second kappa shape index (κ2) is 16.9. The number of carbonyl (C=O) groups is 2. The number of H-pyrrole nitrogens is 1. The summed E-state index contributed by atoms with van der Waals surface area (Å²) >= 11 is 0. The van der Waals surface area contributed by atoms with Gasteiger partial charge in [-0.1, -0.05) is 79.7 Å². The number of aliphatic hydroxyl groups excluding tert-OH is 1. The van der Waals surface area contributed by atoms with E-state index in [-0.39, 0.29) is 55.2 Å².